The largest absolute Gasteiger partial charge is 0.390 e. The fraction of sp³-hybridized carbons (Fsp3) is 0.750. The molecule has 0 amide bonds. The number of allylic oxidation sites excluding steroid dienone is 1. The highest BCUT2D eigenvalue weighted by Gasteiger charge is 2.00. The summed E-state index contributed by atoms with van der Waals surface area (Å²) < 4.78 is 11.6. The Morgan fingerprint density at radius 1 is 1.50 bits per heavy atom. The molecule has 0 aliphatic rings. The lowest BCUT2D eigenvalue weighted by Gasteiger charge is -2.03. The van der Waals surface area contributed by atoms with Gasteiger partial charge in [0.1, 0.15) is 6.67 Å². The summed E-state index contributed by atoms with van der Waals surface area (Å²) >= 11 is 0. The topological polar surface area (TPSA) is 20.2 Å². The van der Waals surface area contributed by atoms with Gasteiger partial charge < -0.3 is 5.11 Å². The molecule has 0 aromatic heterocycles. The van der Waals surface area contributed by atoms with Crippen molar-refractivity contribution in [3.63, 3.8) is 0 Å². The Kier molecular flexibility index (Phi) is 6.50. The van der Waals surface area contributed by atoms with Crippen LogP contribution in [0.4, 0.5) is 4.39 Å². The van der Waals surface area contributed by atoms with E-state index in [2.05, 4.69) is 6.58 Å². The molecule has 1 nitrogen and oxygen atoms in total. The van der Waals surface area contributed by atoms with Crippen molar-refractivity contribution in [2.45, 2.75) is 31.8 Å². The molecule has 1 N–H and O–H groups in total. The van der Waals surface area contributed by atoms with Crippen molar-refractivity contribution >= 4 is 0 Å². The fourth-order valence-corrected chi connectivity index (χ4v) is 0.746. The Morgan fingerprint density at radius 3 is 2.70 bits per heavy atom. The minimum absolute atomic E-state index is 0.574. The molecule has 0 aromatic carbocycles. The summed E-state index contributed by atoms with van der Waals surface area (Å²) in [4.78, 5) is 0. The van der Waals surface area contributed by atoms with Gasteiger partial charge in [-0.25, -0.2) is 4.39 Å². The van der Waals surface area contributed by atoms with Crippen molar-refractivity contribution in [1.82, 2.24) is 0 Å². The molecule has 0 radical (unpaired) electrons. The molecule has 0 aliphatic carbocycles. The molecule has 10 heavy (non-hydrogen) atoms. The summed E-state index contributed by atoms with van der Waals surface area (Å²) in [5.41, 5.74) is 0. The SMILES string of the molecule is C=CCCCCC(O)CF. The Labute approximate surface area is 61.6 Å². The molecule has 0 fully saturated rings. The number of hydrogen-bond donors (Lipinski definition) is 1. The van der Waals surface area contributed by atoms with E-state index in [-0.39, 0.29) is 0 Å². The van der Waals surface area contributed by atoms with Crippen LogP contribution in [0.2, 0.25) is 0 Å². The predicted molar refractivity (Wildman–Crippen MR) is 40.6 cm³/mol. The lowest BCUT2D eigenvalue weighted by atomic mass is 10.1. The van der Waals surface area contributed by atoms with Gasteiger partial charge in [0.25, 0.3) is 0 Å². The number of hydrogen-bond acceptors (Lipinski definition) is 1. The molecule has 0 saturated heterocycles. The van der Waals surface area contributed by atoms with Gasteiger partial charge in [0.05, 0.1) is 6.10 Å². The second-order valence-corrected chi connectivity index (χ2v) is 2.38. The molecular formula is C8H15FO. The minimum atomic E-state index is -0.746. The van der Waals surface area contributed by atoms with E-state index in [1.54, 1.807) is 0 Å². The minimum Gasteiger partial charge on any atom is -0.390 e. The van der Waals surface area contributed by atoms with E-state index in [0.29, 0.717) is 6.42 Å². The van der Waals surface area contributed by atoms with E-state index >= 15 is 0 Å². The van der Waals surface area contributed by atoms with Crippen LogP contribution in [0.25, 0.3) is 0 Å². The standard InChI is InChI=1S/C8H15FO/c1-2-3-4-5-6-8(10)7-9/h2,8,10H,1,3-7H2. The van der Waals surface area contributed by atoms with Gasteiger partial charge in [-0.3, -0.25) is 0 Å². The van der Waals surface area contributed by atoms with Gasteiger partial charge in [-0.15, -0.1) is 6.58 Å². The van der Waals surface area contributed by atoms with Crippen LogP contribution >= 0.6 is 0 Å². The van der Waals surface area contributed by atoms with Crippen LogP contribution in [0.15, 0.2) is 12.7 Å². The smallest absolute Gasteiger partial charge is 0.115 e. The van der Waals surface area contributed by atoms with Crippen LogP contribution in [0.1, 0.15) is 25.7 Å². The Bertz CT molecular complexity index is 83.3. The Balaban J connectivity index is 2.95. The highest BCUT2D eigenvalue weighted by Crippen LogP contribution is 2.03. The van der Waals surface area contributed by atoms with Crippen molar-refractivity contribution in [2.75, 3.05) is 6.67 Å². The van der Waals surface area contributed by atoms with E-state index < -0.39 is 12.8 Å². The summed E-state index contributed by atoms with van der Waals surface area (Å²) in [6.07, 6.45) is 4.51. The highest BCUT2D eigenvalue weighted by molar-refractivity contribution is 4.66. The molecule has 0 rings (SSSR count). The number of aliphatic hydroxyl groups is 1. The zero-order valence-corrected chi connectivity index (χ0v) is 6.22. The number of aliphatic hydroxyl groups excluding tert-OH is 1. The van der Waals surface area contributed by atoms with Crippen molar-refractivity contribution in [3.8, 4) is 0 Å². The fourth-order valence-electron chi connectivity index (χ4n) is 0.746. The molecule has 0 heterocycles. The van der Waals surface area contributed by atoms with E-state index in [1.807, 2.05) is 6.08 Å². The quantitative estimate of drug-likeness (QED) is 0.449. The van der Waals surface area contributed by atoms with E-state index in [1.165, 1.54) is 0 Å². The zero-order valence-electron chi connectivity index (χ0n) is 6.22. The summed E-state index contributed by atoms with van der Waals surface area (Å²) in [6.45, 7) is 2.94. The van der Waals surface area contributed by atoms with E-state index in [4.69, 9.17) is 5.11 Å². The lowest BCUT2D eigenvalue weighted by molar-refractivity contribution is 0.128. The van der Waals surface area contributed by atoms with Gasteiger partial charge in [-0.05, 0) is 19.3 Å². The van der Waals surface area contributed by atoms with Gasteiger partial charge in [-0.2, -0.15) is 0 Å². The van der Waals surface area contributed by atoms with Crippen molar-refractivity contribution in [2.24, 2.45) is 0 Å². The van der Waals surface area contributed by atoms with Gasteiger partial charge in [0.15, 0.2) is 0 Å². The maximum atomic E-state index is 11.6. The van der Waals surface area contributed by atoms with Crippen molar-refractivity contribution in [3.05, 3.63) is 12.7 Å². The molecule has 2 heteroatoms. The monoisotopic (exact) mass is 146 g/mol. The van der Waals surface area contributed by atoms with Gasteiger partial charge in [-0.1, -0.05) is 12.5 Å². The van der Waals surface area contributed by atoms with E-state index in [9.17, 15) is 4.39 Å². The maximum Gasteiger partial charge on any atom is 0.115 e. The average molecular weight is 146 g/mol. The molecule has 60 valence electrons. The van der Waals surface area contributed by atoms with Gasteiger partial charge in [0.2, 0.25) is 0 Å². The Morgan fingerprint density at radius 2 is 2.20 bits per heavy atom. The third-order valence-electron chi connectivity index (χ3n) is 1.37. The van der Waals surface area contributed by atoms with E-state index in [0.717, 1.165) is 19.3 Å². The average Bonchev–Trinajstić information content (AvgIpc) is 1.98. The molecule has 0 aromatic rings. The highest BCUT2D eigenvalue weighted by atomic mass is 19.1. The van der Waals surface area contributed by atoms with Crippen LogP contribution < -0.4 is 0 Å². The molecule has 1 atom stereocenters. The molecule has 0 spiro atoms. The zero-order chi connectivity index (χ0) is 7.82. The third-order valence-corrected chi connectivity index (χ3v) is 1.37. The first-order valence-corrected chi connectivity index (χ1v) is 3.66. The van der Waals surface area contributed by atoms with Crippen LogP contribution in [-0.4, -0.2) is 17.9 Å². The predicted octanol–water partition coefficient (Wildman–Crippen LogP) is 2.06. The van der Waals surface area contributed by atoms with Crippen molar-refractivity contribution in [1.29, 1.82) is 0 Å². The second-order valence-electron chi connectivity index (χ2n) is 2.38. The van der Waals surface area contributed by atoms with Crippen LogP contribution in [0.5, 0.6) is 0 Å². The third kappa shape index (κ3) is 5.76. The first kappa shape index (κ1) is 9.63. The first-order chi connectivity index (χ1) is 4.81. The molecule has 0 bridgehead atoms. The lowest BCUT2D eigenvalue weighted by Crippen LogP contribution is -2.07. The Hall–Kier alpha value is -0.370. The number of unbranched alkanes of at least 4 members (excludes halogenated alkanes) is 2. The van der Waals surface area contributed by atoms with Gasteiger partial charge >= 0.3 is 0 Å². The summed E-state index contributed by atoms with van der Waals surface area (Å²) in [7, 11) is 0. The first-order valence-electron chi connectivity index (χ1n) is 3.66. The second kappa shape index (κ2) is 6.75. The van der Waals surface area contributed by atoms with Crippen LogP contribution in [0, 0.1) is 0 Å². The molecule has 0 aliphatic heterocycles. The summed E-state index contributed by atoms with van der Waals surface area (Å²) in [5.74, 6) is 0. The van der Waals surface area contributed by atoms with Crippen molar-refractivity contribution < 1.29 is 9.50 Å². The normalized spacial score (nSPS) is 13.0. The maximum absolute atomic E-state index is 11.6. The molecule has 0 saturated carbocycles. The number of rotatable bonds is 6. The van der Waals surface area contributed by atoms with Gasteiger partial charge in [0, 0.05) is 0 Å². The number of alkyl halides is 1. The number of halogens is 1. The molecular weight excluding hydrogens is 131 g/mol. The van der Waals surface area contributed by atoms with Crippen LogP contribution in [0.3, 0.4) is 0 Å². The summed E-state index contributed by atoms with van der Waals surface area (Å²) in [6, 6.07) is 0. The molecule has 1 unspecified atom stereocenters. The summed E-state index contributed by atoms with van der Waals surface area (Å²) in [5, 5.41) is 8.76. The van der Waals surface area contributed by atoms with Crippen LogP contribution in [-0.2, 0) is 0 Å².